The molecule has 16 atom stereocenters. The Bertz CT molecular complexity index is 2420. The van der Waals surface area contributed by atoms with Crippen LogP contribution in [0.2, 0.25) is 0 Å². The van der Waals surface area contributed by atoms with Crippen LogP contribution in [0.4, 0.5) is 0 Å². The van der Waals surface area contributed by atoms with Gasteiger partial charge < -0.3 is 57.2 Å². The first-order chi connectivity index (χ1) is 37.8. The van der Waals surface area contributed by atoms with Gasteiger partial charge in [-0.2, -0.15) is 0 Å². The van der Waals surface area contributed by atoms with Crippen LogP contribution in [0.1, 0.15) is 122 Å². The number of nitrogens with zero attached hydrogens (tertiary/aromatic N) is 5. The normalized spacial score (nSPS) is 32.9. The highest BCUT2D eigenvalue weighted by atomic mass is 32.2. The second-order valence-corrected chi connectivity index (χ2v) is 26.3. The smallest absolute Gasteiger partial charge is 0.248 e. The molecule has 0 saturated carbocycles. The summed E-state index contributed by atoms with van der Waals surface area (Å²) >= 11 is 4.00. The molecule has 0 aliphatic carbocycles. The minimum absolute atomic E-state index is 0.156. The lowest BCUT2D eigenvalue weighted by molar-refractivity contribution is -0.141. The van der Waals surface area contributed by atoms with Gasteiger partial charge in [-0.1, -0.05) is 82.1 Å². The Morgan fingerprint density at radius 2 is 0.725 bits per heavy atom. The van der Waals surface area contributed by atoms with Crippen LogP contribution in [0.15, 0.2) is 15.0 Å². The van der Waals surface area contributed by atoms with Crippen molar-refractivity contribution in [2.24, 2.45) is 44.6 Å². The molecule has 0 aromatic heterocycles. The van der Waals surface area contributed by atoms with Crippen molar-refractivity contribution < 1.29 is 53.4 Å². The summed E-state index contributed by atoms with van der Waals surface area (Å²) in [5.41, 5.74) is 0. The molecular weight excluding hydrogens is 1090 g/mol. The van der Waals surface area contributed by atoms with E-state index in [1.54, 1.807) is 37.5 Å². The van der Waals surface area contributed by atoms with E-state index in [4.69, 9.17) is 15.0 Å². The van der Waals surface area contributed by atoms with Crippen molar-refractivity contribution in [3.05, 3.63) is 0 Å². The SMILES string of the molecule is CC[C@@H](C)C1NC(=O)C2CSC(=N2)[C@@H]2CCCN2C(=O)[C@H]([C@@H](C)O)NC(=O)[C@H](C(C)C)NC(=O)[C@H](C(C)C)NC(=O)[C@H]([C@@H](C)O)NC(=O)C2CSC(=N2)[C@H]([C@H](C)CC)NC(=O)[C@@H](C(C)C)NC(=O)[C@H]2CSC(=N2)[C@@H]2CCCN2C1=O. The van der Waals surface area contributed by atoms with Crippen LogP contribution in [0.25, 0.3) is 0 Å². The second-order valence-electron chi connectivity index (χ2n) is 23.1. The first-order valence-corrected chi connectivity index (χ1v) is 31.4. The van der Waals surface area contributed by atoms with Crippen molar-refractivity contribution in [3.8, 4) is 0 Å². The number of amides is 9. The fraction of sp³-hybridized carbons (Fsp3) is 0.778. The number of hydrogen-bond acceptors (Lipinski definition) is 17. The predicted octanol–water partition coefficient (Wildman–Crippen LogP) is 0.739. The summed E-state index contributed by atoms with van der Waals surface area (Å²) in [6.07, 6.45) is 0.784. The fourth-order valence-electron chi connectivity index (χ4n) is 10.5. The Morgan fingerprint density at radius 3 is 1.11 bits per heavy atom. The predicted molar refractivity (Wildman–Crippen MR) is 311 cm³/mol. The van der Waals surface area contributed by atoms with Gasteiger partial charge in [0.2, 0.25) is 53.2 Å². The molecule has 26 heteroatoms. The molecule has 9 N–H and O–H groups in total. The van der Waals surface area contributed by atoms with Crippen LogP contribution in [0.3, 0.4) is 0 Å². The molecule has 6 rings (SSSR count). The van der Waals surface area contributed by atoms with E-state index in [1.165, 1.54) is 49.1 Å². The average molecular weight is 1180 g/mol. The summed E-state index contributed by atoms with van der Waals surface area (Å²) in [5.74, 6) is -6.42. The number of carbonyl (C=O) groups excluding carboxylic acids is 9. The summed E-state index contributed by atoms with van der Waals surface area (Å²) in [5, 5.41) is 43.3. The fourth-order valence-corrected chi connectivity index (χ4v) is 14.1. The average Bonchev–Trinajstić information content (AvgIpc) is 4.31. The summed E-state index contributed by atoms with van der Waals surface area (Å²) < 4.78 is 0. The molecule has 0 spiro atoms. The standard InChI is InChI=1S/C54H86N12O11S3/c1-13-27(9)39-52-57-33(23-80-52)45(71)63-41(29(11)67)49(75)60-37(25(5)6)46(72)59-38(26(7)8)48(74)64-42(30(12)68)54(77)66-20-16-18-35(66)51-56-32(22-79-51)44(70)62-40(28(10)14-2)53(76)65-19-15-17-34(65)50-55-31(21-78-50)43(69)58-36(24(3)4)47(73)61-39/h24-42,67-68H,13-23H2,1-12H3,(H,58,69)(H,59,72)(H,60,75)(H,61,73)(H,62,70)(H,63,71)(H,64,74)/t27-,28-,29-,30-,31-,32?,33?,34+,35+,36-,37+,38+,39+,40?,41+,42+/m1/s1. The Morgan fingerprint density at radius 1 is 0.425 bits per heavy atom. The Hall–Kier alpha value is -4.79. The number of nitrogens with one attached hydrogen (secondary N) is 7. The molecule has 0 aromatic rings. The van der Waals surface area contributed by atoms with E-state index >= 15 is 0 Å². The number of aliphatic hydroxyl groups excluding tert-OH is 2. The lowest BCUT2D eigenvalue weighted by Crippen LogP contribution is -2.63. The van der Waals surface area contributed by atoms with Crippen LogP contribution < -0.4 is 37.2 Å². The van der Waals surface area contributed by atoms with Crippen LogP contribution in [0.5, 0.6) is 0 Å². The van der Waals surface area contributed by atoms with Gasteiger partial charge in [0.1, 0.15) is 54.4 Å². The van der Waals surface area contributed by atoms with E-state index in [0.29, 0.717) is 66.0 Å². The Kier molecular flexibility index (Phi) is 22.9. The number of aliphatic imine (C=N–C) groups is 3. The highest BCUT2D eigenvalue weighted by Gasteiger charge is 2.46. The van der Waals surface area contributed by atoms with Crippen molar-refractivity contribution >= 4 is 104 Å². The molecule has 9 amide bonds. The molecule has 3 unspecified atom stereocenters. The molecule has 6 aliphatic heterocycles. The summed E-state index contributed by atoms with van der Waals surface area (Å²) in [6, 6.07) is -11.7. The minimum Gasteiger partial charge on any atom is -0.391 e. The third-order valence-corrected chi connectivity index (χ3v) is 19.4. The van der Waals surface area contributed by atoms with E-state index in [2.05, 4.69) is 37.2 Å². The zero-order chi connectivity index (χ0) is 59.0. The van der Waals surface area contributed by atoms with Crippen LogP contribution >= 0.6 is 35.3 Å². The molecule has 80 heavy (non-hydrogen) atoms. The zero-order valence-corrected chi connectivity index (χ0v) is 50.7. The molecule has 2 saturated heterocycles. The van der Waals surface area contributed by atoms with Crippen LogP contribution in [-0.2, 0) is 43.2 Å². The third kappa shape index (κ3) is 15.3. The molecular formula is C54H86N12O11S3. The van der Waals surface area contributed by atoms with Gasteiger partial charge in [0, 0.05) is 30.3 Å². The summed E-state index contributed by atoms with van der Waals surface area (Å²) in [4.78, 5) is 145. The summed E-state index contributed by atoms with van der Waals surface area (Å²) in [6.45, 7) is 21.5. The van der Waals surface area contributed by atoms with E-state index in [9.17, 15) is 53.4 Å². The number of rotatable bonds is 9. The van der Waals surface area contributed by atoms with E-state index in [0.717, 1.165) is 0 Å². The van der Waals surface area contributed by atoms with Gasteiger partial charge in [0.05, 0.1) is 45.5 Å². The van der Waals surface area contributed by atoms with Crippen LogP contribution in [0, 0.1) is 29.6 Å². The number of carbonyl (C=O) groups is 9. The molecule has 6 aliphatic rings. The van der Waals surface area contributed by atoms with Crippen molar-refractivity contribution in [1.82, 2.24) is 47.0 Å². The Labute approximate surface area is 483 Å². The van der Waals surface area contributed by atoms with Gasteiger partial charge >= 0.3 is 0 Å². The molecule has 6 heterocycles. The monoisotopic (exact) mass is 1170 g/mol. The van der Waals surface area contributed by atoms with Crippen molar-refractivity contribution in [2.75, 3.05) is 30.3 Å². The third-order valence-electron chi connectivity index (χ3n) is 16.0. The van der Waals surface area contributed by atoms with E-state index in [1.807, 2.05) is 41.5 Å². The summed E-state index contributed by atoms with van der Waals surface area (Å²) in [7, 11) is 0. The van der Waals surface area contributed by atoms with Gasteiger partial charge in [0.25, 0.3) is 0 Å². The van der Waals surface area contributed by atoms with Crippen molar-refractivity contribution in [1.29, 1.82) is 0 Å². The first kappa shape index (κ1) is 64.4. The lowest BCUT2D eigenvalue weighted by Gasteiger charge is -2.32. The highest BCUT2D eigenvalue weighted by molar-refractivity contribution is 8.15. The maximum absolute atomic E-state index is 14.6. The number of thioether (sulfide) groups is 3. The van der Waals surface area contributed by atoms with E-state index < -0.39 is 144 Å². The largest absolute Gasteiger partial charge is 0.391 e. The highest BCUT2D eigenvalue weighted by Crippen LogP contribution is 2.33. The number of fused-ring (bicyclic) bond motifs is 7. The number of hydrogen-bond donors (Lipinski definition) is 9. The molecule has 6 bridgehead atoms. The maximum Gasteiger partial charge on any atom is 0.248 e. The van der Waals surface area contributed by atoms with Gasteiger partial charge in [-0.3, -0.25) is 58.1 Å². The quantitative estimate of drug-likeness (QED) is 0.154. The second kappa shape index (κ2) is 28.5. The topological polar surface area (TPSA) is 322 Å². The first-order valence-electron chi connectivity index (χ1n) is 28.5. The van der Waals surface area contributed by atoms with Crippen molar-refractivity contribution in [2.45, 2.75) is 206 Å². The van der Waals surface area contributed by atoms with Gasteiger partial charge in [0.15, 0.2) is 0 Å². The molecule has 0 radical (unpaired) electrons. The molecule has 23 nitrogen and oxygen atoms in total. The van der Waals surface area contributed by atoms with Gasteiger partial charge in [-0.15, -0.1) is 35.3 Å². The molecule has 446 valence electrons. The molecule has 2 fully saturated rings. The maximum atomic E-state index is 14.6. The lowest BCUT2D eigenvalue weighted by atomic mass is 9.97. The van der Waals surface area contributed by atoms with Gasteiger partial charge in [-0.25, -0.2) is 0 Å². The molecule has 0 aromatic carbocycles. The minimum atomic E-state index is -1.54. The Balaban J connectivity index is 1.32. The van der Waals surface area contributed by atoms with Crippen molar-refractivity contribution in [3.63, 3.8) is 0 Å². The van der Waals surface area contributed by atoms with Crippen LogP contribution in [-0.4, -0.2) is 203 Å². The van der Waals surface area contributed by atoms with E-state index in [-0.39, 0.29) is 41.7 Å². The van der Waals surface area contributed by atoms with Gasteiger partial charge in [-0.05, 0) is 69.1 Å². The zero-order valence-electron chi connectivity index (χ0n) is 48.3. The number of aliphatic hydroxyl groups is 2.